The fraction of sp³-hybridized carbons (Fsp3) is 0.600. The first kappa shape index (κ1) is 15.0. The summed E-state index contributed by atoms with van der Waals surface area (Å²) >= 11 is 0. The lowest BCUT2D eigenvalue weighted by molar-refractivity contribution is 0.199. The van der Waals surface area contributed by atoms with Gasteiger partial charge in [0, 0.05) is 24.8 Å². The first-order valence-electron chi connectivity index (χ1n) is 6.65. The summed E-state index contributed by atoms with van der Waals surface area (Å²) in [6.07, 6.45) is -0.395. The fourth-order valence-electron chi connectivity index (χ4n) is 2.32. The lowest BCUT2D eigenvalue weighted by atomic mass is 10.1. The van der Waals surface area contributed by atoms with Crippen molar-refractivity contribution in [3.05, 3.63) is 29.8 Å². The van der Waals surface area contributed by atoms with Crippen molar-refractivity contribution in [1.82, 2.24) is 4.90 Å². The zero-order valence-electron chi connectivity index (χ0n) is 12.2. The van der Waals surface area contributed by atoms with Crippen LogP contribution in [0.1, 0.15) is 32.4 Å². The van der Waals surface area contributed by atoms with Crippen molar-refractivity contribution < 1.29 is 5.11 Å². The van der Waals surface area contributed by atoms with Gasteiger partial charge in [-0.25, -0.2) is 0 Å². The van der Waals surface area contributed by atoms with Gasteiger partial charge in [0.05, 0.1) is 6.10 Å². The van der Waals surface area contributed by atoms with Gasteiger partial charge in [-0.15, -0.1) is 0 Å². The number of rotatable bonds is 6. The third kappa shape index (κ3) is 4.00. The van der Waals surface area contributed by atoms with E-state index in [4.69, 9.17) is 0 Å². The Morgan fingerprint density at radius 2 is 1.67 bits per heavy atom. The molecular weight excluding hydrogens is 224 g/mol. The Morgan fingerprint density at radius 1 is 1.11 bits per heavy atom. The highest BCUT2D eigenvalue weighted by Gasteiger charge is 2.13. The number of hydrogen-bond donors (Lipinski definition) is 1. The van der Waals surface area contributed by atoms with E-state index < -0.39 is 6.10 Å². The molecule has 0 saturated carbocycles. The molecule has 1 aromatic rings. The van der Waals surface area contributed by atoms with Gasteiger partial charge in [0.25, 0.3) is 0 Å². The summed E-state index contributed by atoms with van der Waals surface area (Å²) in [6, 6.07) is 8.67. The maximum Gasteiger partial charge on any atom is 0.0761 e. The molecule has 1 rings (SSSR count). The number of likely N-dealkylation sites (N-methyl/N-ethyl adjacent to an activating group) is 2. The second-order valence-corrected chi connectivity index (χ2v) is 5.16. The molecule has 3 nitrogen and oxygen atoms in total. The largest absolute Gasteiger partial charge is 0.389 e. The van der Waals surface area contributed by atoms with Crippen molar-refractivity contribution in [3.63, 3.8) is 0 Å². The van der Waals surface area contributed by atoms with Gasteiger partial charge in [-0.3, -0.25) is 0 Å². The van der Waals surface area contributed by atoms with E-state index in [-0.39, 0.29) is 0 Å². The van der Waals surface area contributed by atoms with Crippen LogP contribution in [0.15, 0.2) is 24.3 Å². The minimum atomic E-state index is -0.395. The van der Waals surface area contributed by atoms with Crippen LogP contribution in [0.4, 0.5) is 5.69 Å². The van der Waals surface area contributed by atoms with Crippen molar-refractivity contribution in [2.24, 2.45) is 0 Å². The number of nitrogens with zero attached hydrogens (tertiary/aromatic N) is 2. The monoisotopic (exact) mass is 250 g/mol. The zero-order chi connectivity index (χ0) is 13.7. The minimum absolute atomic E-state index is 0.395. The highest BCUT2D eigenvalue weighted by molar-refractivity contribution is 5.48. The van der Waals surface area contributed by atoms with Crippen LogP contribution in [-0.4, -0.2) is 43.2 Å². The second-order valence-electron chi connectivity index (χ2n) is 5.16. The Hall–Kier alpha value is -1.06. The molecular formula is C15H26N2O. The second kappa shape index (κ2) is 6.76. The van der Waals surface area contributed by atoms with Crippen molar-refractivity contribution in [3.8, 4) is 0 Å². The van der Waals surface area contributed by atoms with E-state index in [0.717, 1.165) is 18.7 Å². The Balaban J connectivity index is 2.81. The lowest BCUT2D eigenvalue weighted by Gasteiger charge is -2.32. The molecule has 0 aliphatic rings. The third-order valence-electron chi connectivity index (χ3n) is 3.21. The SMILES string of the molecule is CCN(c1ccc([C@@H](C)O)cc1)C(C)CN(C)C. The Kier molecular flexibility index (Phi) is 5.63. The summed E-state index contributed by atoms with van der Waals surface area (Å²) in [5.41, 5.74) is 2.19. The normalized spacial score (nSPS) is 14.6. The van der Waals surface area contributed by atoms with Crippen LogP contribution < -0.4 is 4.90 Å². The van der Waals surface area contributed by atoms with E-state index in [1.165, 1.54) is 5.69 Å². The van der Waals surface area contributed by atoms with Gasteiger partial charge < -0.3 is 14.9 Å². The molecule has 1 N–H and O–H groups in total. The van der Waals surface area contributed by atoms with Crippen LogP contribution in [0.2, 0.25) is 0 Å². The maximum absolute atomic E-state index is 9.52. The topological polar surface area (TPSA) is 26.7 Å². The van der Waals surface area contributed by atoms with E-state index in [1.54, 1.807) is 6.92 Å². The van der Waals surface area contributed by atoms with Gasteiger partial charge in [-0.2, -0.15) is 0 Å². The van der Waals surface area contributed by atoms with E-state index >= 15 is 0 Å². The molecule has 1 aromatic carbocycles. The van der Waals surface area contributed by atoms with Crippen LogP contribution in [-0.2, 0) is 0 Å². The van der Waals surface area contributed by atoms with E-state index in [1.807, 2.05) is 12.1 Å². The van der Waals surface area contributed by atoms with Gasteiger partial charge in [-0.1, -0.05) is 12.1 Å². The molecule has 0 amide bonds. The van der Waals surface area contributed by atoms with E-state index in [2.05, 4.69) is 49.9 Å². The van der Waals surface area contributed by atoms with Gasteiger partial charge in [0.1, 0.15) is 0 Å². The number of hydrogen-bond acceptors (Lipinski definition) is 3. The molecule has 0 bridgehead atoms. The molecule has 2 atom stereocenters. The fourth-order valence-corrected chi connectivity index (χ4v) is 2.32. The summed E-state index contributed by atoms with van der Waals surface area (Å²) in [5.74, 6) is 0. The summed E-state index contributed by atoms with van der Waals surface area (Å²) < 4.78 is 0. The average Bonchev–Trinajstić information content (AvgIpc) is 2.29. The Bertz CT molecular complexity index is 346. The van der Waals surface area contributed by atoms with E-state index in [0.29, 0.717) is 6.04 Å². The van der Waals surface area contributed by atoms with Gasteiger partial charge in [0.2, 0.25) is 0 Å². The van der Waals surface area contributed by atoms with Gasteiger partial charge in [-0.05, 0) is 52.6 Å². The molecule has 0 saturated heterocycles. The predicted octanol–water partition coefficient (Wildman–Crippen LogP) is 2.52. The van der Waals surface area contributed by atoms with Crippen LogP contribution in [0.5, 0.6) is 0 Å². The highest BCUT2D eigenvalue weighted by Crippen LogP contribution is 2.20. The smallest absolute Gasteiger partial charge is 0.0761 e. The van der Waals surface area contributed by atoms with Crippen LogP contribution in [0.25, 0.3) is 0 Å². The predicted molar refractivity (Wildman–Crippen MR) is 78.1 cm³/mol. The molecule has 1 unspecified atom stereocenters. The third-order valence-corrected chi connectivity index (χ3v) is 3.21. The Labute approximate surface area is 111 Å². The molecule has 18 heavy (non-hydrogen) atoms. The van der Waals surface area contributed by atoms with E-state index in [9.17, 15) is 5.11 Å². The molecule has 0 spiro atoms. The molecule has 0 radical (unpaired) electrons. The number of aliphatic hydroxyl groups is 1. The molecule has 0 heterocycles. The standard InChI is InChI=1S/C15H26N2O/c1-6-17(12(2)11-16(4)5)15-9-7-14(8-10-15)13(3)18/h7-10,12-13,18H,6,11H2,1-5H3/t12?,13-/m1/s1. The lowest BCUT2D eigenvalue weighted by Crippen LogP contribution is -2.40. The van der Waals surface area contributed by atoms with Crippen molar-refractivity contribution in [1.29, 1.82) is 0 Å². The molecule has 3 heteroatoms. The van der Waals surface area contributed by atoms with Gasteiger partial charge >= 0.3 is 0 Å². The molecule has 0 aliphatic carbocycles. The summed E-state index contributed by atoms with van der Waals surface area (Å²) in [6.45, 7) is 8.23. The van der Waals surface area contributed by atoms with Crippen molar-refractivity contribution >= 4 is 5.69 Å². The first-order valence-corrected chi connectivity index (χ1v) is 6.65. The molecule has 0 fully saturated rings. The first-order chi connectivity index (χ1) is 8.45. The average molecular weight is 250 g/mol. The van der Waals surface area contributed by atoms with Crippen LogP contribution >= 0.6 is 0 Å². The number of aliphatic hydroxyl groups excluding tert-OH is 1. The maximum atomic E-state index is 9.52. The molecule has 0 aliphatic heterocycles. The van der Waals surface area contributed by atoms with Crippen molar-refractivity contribution in [2.75, 3.05) is 32.1 Å². The van der Waals surface area contributed by atoms with Crippen LogP contribution in [0.3, 0.4) is 0 Å². The molecule has 0 aromatic heterocycles. The highest BCUT2D eigenvalue weighted by atomic mass is 16.3. The van der Waals surface area contributed by atoms with Crippen LogP contribution in [0, 0.1) is 0 Å². The Morgan fingerprint density at radius 3 is 2.06 bits per heavy atom. The minimum Gasteiger partial charge on any atom is -0.389 e. The number of benzene rings is 1. The van der Waals surface area contributed by atoms with Gasteiger partial charge in [0.15, 0.2) is 0 Å². The summed E-state index contributed by atoms with van der Waals surface area (Å²) in [4.78, 5) is 4.59. The summed E-state index contributed by atoms with van der Waals surface area (Å²) in [7, 11) is 4.20. The number of anilines is 1. The van der Waals surface area contributed by atoms with Crippen molar-refractivity contribution in [2.45, 2.75) is 32.9 Å². The zero-order valence-corrected chi connectivity index (χ0v) is 12.2. The molecule has 102 valence electrons. The quantitative estimate of drug-likeness (QED) is 0.840. The summed E-state index contributed by atoms with van der Waals surface area (Å²) in [5, 5.41) is 9.52.